The van der Waals surface area contributed by atoms with Crippen LogP contribution >= 0.6 is 0 Å². The van der Waals surface area contributed by atoms with E-state index in [4.69, 9.17) is 5.73 Å². The van der Waals surface area contributed by atoms with Gasteiger partial charge in [0.15, 0.2) is 0 Å². The Kier molecular flexibility index (Phi) is 9.91. The Balaban J connectivity index is 1.77. The number of carbonyl (C=O) groups excluding carboxylic acids is 5. The van der Waals surface area contributed by atoms with Crippen LogP contribution in [0.25, 0.3) is 0 Å². The molecule has 0 saturated heterocycles. The number of phenolic OH excluding ortho intramolecular Hbond substituents is 2. The van der Waals surface area contributed by atoms with E-state index < -0.39 is 48.2 Å². The van der Waals surface area contributed by atoms with Gasteiger partial charge in [-0.1, -0.05) is 24.3 Å². The highest BCUT2D eigenvalue weighted by molar-refractivity contribution is 6.38. The SMILES string of the molecule is C[C@H](NC(=O)CNC(=O)C(=O)[C@@H](N)Cc1ccc(O)cc1)C(=O)N[C@H](C=O)Cc1ccc(O)cc1. The number of Topliss-reactive ketones (excluding diaryl/α,β-unsaturated/α-hetero) is 1. The molecule has 11 heteroatoms. The van der Waals surface area contributed by atoms with Crippen LogP contribution in [0, 0.1) is 0 Å². The van der Waals surface area contributed by atoms with E-state index in [1.807, 2.05) is 0 Å². The first kappa shape index (κ1) is 27.0. The van der Waals surface area contributed by atoms with Crippen molar-refractivity contribution < 1.29 is 34.2 Å². The van der Waals surface area contributed by atoms with E-state index >= 15 is 0 Å². The number of benzene rings is 2. The van der Waals surface area contributed by atoms with Crippen LogP contribution in [0.5, 0.6) is 11.5 Å². The number of nitrogens with one attached hydrogen (secondary N) is 3. The van der Waals surface area contributed by atoms with Gasteiger partial charge in [0.2, 0.25) is 17.6 Å². The highest BCUT2D eigenvalue weighted by Gasteiger charge is 2.24. The molecule has 35 heavy (non-hydrogen) atoms. The third-order valence-electron chi connectivity index (χ3n) is 5.02. The van der Waals surface area contributed by atoms with Gasteiger partial charge in [0.05, 0.1) is 18.6 Å². The van der Waals surface area contributed by atoms with E-state index in [0.717, 1.165) is 0 Å². The molecule has 3 atom stereocenters. The summed E-state index contributed by atoms with van der Waals surface area (Å²) in [6.07, 6.45) is 0.823. The Morgan fingerprint density at radius 3 is 1.91 bits per heavy atom. The molecular formula is C24H28N4O7. The van der Waals surface area contributed by atoms with Gasteiger partial charge in [-0.25, -0.2) is 0 Å². The minimum atomic E-state index is -1.14. The Bertz CT molecular complexity index is 1050. The summed E-state index contributed by atoms with van der Waals surface area (Å²) < 4.78 is 0. The van der Waals surface area contributed by atoms with Gasteiger partial charge in [-0.2, -0.15) is 0 Å². The van der Waals surface area contributed by atoms with Gasteiger partial charge in [0, 0.05) is 0 Å². The highest BCUT2D eigenvalue weighted by Crippen LogP contribution is 2.12. The number of hydrogen-bond acceptors (Lipinski definition) is 8. The molecule has 7 N–H and O–H groups in total. The lowest BCUT2D eigenvalue weighted by atomic mass is 10.0. The summed E-state index contributed by atoms with van der Waals surface area (Å²) in [6, 6.07) is 9.14. The van der Waals surface area contributed by atoms with Crippen LogP contribution in [-0.4, -0.2) is 64.7 Å². The van der Waals surface area contributed by atoms with Crippen molar-refractivity contribution in [1.82, 2.24) is 16.0 Å². The van der Waals surface area contributed by atoms with Crippen molar-refractivity contribution in [2.24, 2.45) is 5.73 Å². The zero-order chi connectivity index (χ0) is 26.0. The fourth-order valence-electron chi connectivity index (χ4n) is 3.08. The molecular weight excluding hydrogens is 456 g/mol. The monoisotopic (exact) mass is 484 g/mol. The number of hydrogen-bond donors (Lipinski definition) is 6. The lowest BCUT2D eigenvalue weighted by Crippen LogP contribution is -2.52. The van der Waals surface area contributed by atoms with Crippen LogP contribution in [0.1, 0.15) is 18.1 Å². The molecule has 0 aromatic heterocycles. The highest BCUT2D eigenvalue weighted by atomic mass is 16.3. The summed E-state index contributed by atoms with van der Waals surface area (Å²) in [5.41, 5.74) is 7.13. The van der Waals surface area contributed by atoms with Crippen molar-refractivity contribution in [1.29, 1.82) is 0 Å². The molecule has 0 aliphatic rings. The lowest BCUT2D eigenvalue weighted by Gasteiger charge is -2.18. The zero-order valence-corrected chi connectivity index (χ0v) is 19.1. The summed E-state index contributed by atoms with van der Waals surface area (Å²) in [4.78, 5) is 59.9. The second-order valence-corrected chi connectivity index (χ2v) is 7.93. The molecule has 2 aromatic rings. The summed E-state index contributed by atoms with van der Waals surface area (Å²) in [6.45, 7) is 0.842. The Morgan fingerprint density at radius 1 is 0.886 bits per heavy atom. The molecule has 0 spiro atoms. The quantitative estimate of drug-likeness (QED) is 0.165. The summed E-state index contributed by atoms with van der Waals surface area (Å²) in [7, 11) is 0. The van der Waals surface area contributed by atoms with Gasteiger partial charge in [-0.15, -0.1) is 0 Å². The molecule has 0 saturated carbocycles. The number of phenols is 2. The lowest BCUT2D eigenvalue weighted by molar-refractivity contribution is -0.139. The topological polar surface area (TPSA) is 188 Å². The van der Waals surface area contributed by atoms with Crippen LogP contribution in [0.2, 0.25) is 0 Å². The maximum absolute atomic E-state index is 12.3. The molecule has 0 radical (unpaired) electrons. The van der Waals surface area contributed by atoms with E-state index in [-0.39, 0.29) is 24.3 Å². The Labute approximate surface area is 201 Å². The number of nitrogens with two attached hydrogens (primary N) is 1. The maximum atomic E-state index is 12.3. The zero-order valence-electron chi connectivity index (χ0n) is 19.1. The first-order valence-corrected chi connectivity index (χ1v) is 10.8. The number of aromatic hydroxyl groups is 2. The van der Waals surface area contributed by atoms with Crippen molar-refractivity contribution in [2.45, 2.75) is 37.9 Å². The minimum absolute atomic E-state index is 0.0549. The molecule has 2 aromatic carbocycles. The molecule has 0 heterocycles. The molecule has 186 valence electrons. The molecule has 0 aliphatic heterocycles. The average Bonchev–Trinajstić information content (AvgIpc) is 2.84. The fraction of sp³-hybridized carbons (Fsp3) is 0.292. The molecule has 3 amide bonds. The second-order valence-electron chi connectivity index (χ2n) is 7.93. The molecule has 0 unspecified atom stereocenters. The predicted octanol–water partition coefficient (Wildman–Crippen LogP) is -0.916. The Morgan fingerprint density at radius 2 is 1.40 bits per heavy atom. The van der Waals surface area contributed by atoms with E-state index in [0.29, 0.717) is 17.4 Å². The van der Waals surface area contributed by atoms with E-state index in [1.54, 1.807) is 24.3 Å². The van der Waals surface area contributed by atoms with Gasteiger partial charge in [-0.05, 0) is 55.2 Å². The first-order chi connectivity index (χ1) is 16.6. The number of ketones is 1. The molecule has 0 bridgehead atoms. The molecule has 0 aliphatic carbocycles. The van der Waals surface area contributed by atoms with Gasteiger partial charge in [0.25, 0.3) is 5.91 Å². The van der Waals surface area contributed by atoms with Crippen LogP contribution in [0.4, 0.5) is 0 Å². The van der Waals surface area contributed by atoms with Crippen LogP contribution < -0.4 is 21.7 Å². The normalized spacial score (nSPS) is 13.1. The van der Waals surface area contributed by atoms with Crippen LogP contribution in [0.15, 0.2) is 48.5 Å². The standard InChI is InChI=1S/C24H28N4O7/c1-14(23(34)28-17(13-29)10-15-2-6-18(30)7-3-15)27-21(32)12-26-24(35)22(33)20(25)11-16-4-8-19(31)9-5-16/h2-9,13-14,17,20,30-31H,10-12,25H2,1H3,(H,26,35)(H,27,32)(H,28,34)/t14-,17-,20-/m0/s1. The van der Waals surface area contributed by atoms with Gasteiger partial charge >= 0.3 is 0 Å². The smallest absolute Gasteiger partial charge is 0.289 e. The van der Waals surface area contributed by atoms with Crippen LogP contribution in [-0.2, 0) is 36.8 Å². The number of amides is 3. The number of aldehydes is 1. The van der Waals surface area contributed by atoms with Crippen LogP contribution in [0.3, 0.4) is 0 Å². The number of carbonyl (C=O) groups is 5. The fourth-order valence-corrected chi connectivity index (χ4v) is 3.08. The van der Waals surface area contributed by atoms with Crippen molar-refractivity contribution in [3.05, 3.63) is 59.7 Å². The van der Waals surface area contributed by atoms with Crippen molar-refractivity contribution >= 4 is 29.8 Å². The van der Waals surface area contributed by atoms with E-state index in [2.05, 4.69) is 16.0 Å². The maximum Gasteiger partial charge on any atom is 0.289 e. The third-order valence-corrected chi connectivity index (χ3v) is 5.02. The predicted molar refractivity (Wildman–Crippen MR) is 125 cm³/mol. The third kappa shape index (κ3) is 8.89. The molecule has 11 nitrogen and oxygen atoms in total. The van der Waals surface area contributed by atoms with Crippen molar-refractivity contribution in [3.8, 4) is 11.5 Å². The molecule has 0 fully saturated rings. The van der Waals surface area contributed by atoms with Crippen molar-refractivity contribution in [3.63, 3.8) is 0 Å². The number of rotatable bonds is 12. The average molecular weight is 485 g/mol. The summed E-state index contributed by atoms with van der Waals surface area (Å²) in [5, 5.41) is 25.6. The van der Waals surface area contributed by atoms with Crippen molar-refractivity contribution in [2.75, 3.05) is 6.54 Å². The first-order valence-electron chi connectivity index (χ1n) is 10.8. The van der Waals surface area contributed by atoms with Gasteiger partial charge in [-0.3, -0.25) is 19.2 Å². The largest absolute Gasteiger partial charge is 0.508 e. The Hall–Kier alpha value is -4.25. The second kappa shape index (κ2) is 12.8. The summed E-state index contributed by atoms with van der Waals surface area (Å²) in [5.74, 6) is -3.17. The molecule has 2 rings (SSSR count). The summed E-state index contributed by atoms with van der Waals surface area (Å²) >= 11 is 0. The minimum Gasteiger partial charge on any atom is -0.508 e. The van der Waals surface area contributed by atoms with Gasteiger partial charge in [0.1, 0.15) is 23.8 Å². The van der Waals surface area contributed by atoms with E-state index in [1.165, 1.54) is 31.2 Å². The van der Waals surface area contributed by atoms with E-state index in [9.17, 15) is 34.2 Å². The van der Waals surface area contributed by atoms with Gasteiger partial charge < -0.3 is 36.7 Å².